The predicted molar refractivity (Wildman–Crippen MR) is 126 cm³/mol. The summed E-state index contributed by atoms with van der Waals surface area (Å²) >= 11 is 0. The second-order valence-electron chi connectivity index (χ2n) is 9.02. The lowest BCUT2D eigenvalue weighted by Crippen LogP contribution is -2.47. The molecule has 2 aromatic carbocycles. The molecule has 1 saturated heterocycles. The Morgan fingerprint density at radius 1 is 1.24 bits per heavy atom. The topological polar surface area (TPSA) is 81.6 Å². The number of hydrogen-bond donors (Lipinski definition) is 1. The molecule has 8 heteroatoms. The first-order valence-electron chi connectivity index (χ1n) is 11.3. The van der Waals surface area contributed by atoms with Gasteiger partial charge >= 0.3 is 5.97 Å². The lowest BCUT2D eigenvalue weighted by Gasteiger charge is -2.42. The standard InChI is InChI=1S/C26H23FN4O3/c1-2-26(14-34-15-26)25-24(18-11-29-30(12-18)13-23(32)33)21-7-16-9-28-10-17(16)8-22(21)31(25)20-5-3-19(27)4-6-20/h3-8,10-12H,2,9,13-15H2,1H3,(H,32,33). The van der Waals surface area contributed by atoms with Gasteiger partial charge in [0.15, 0.2) is 0 Å². The highest BCUT2D eigenvalue weighted by atomic mass is 19.1. The van der Waals surface area contributed by atoms with Gasteiger partial charge in [0, 0.05) is 40.3 Å². The molecule has 2 aliphatic heterocycles. The van der Waals surface area contributed by atoms with Crippen LogP contribution < -0.4 is 0 Å². The largest absolute Gasteiger partial charge is 0.480 e. The van der Waals surface area contributed by atoms with Crippen molar-refractivity contribution in [2.75, 3.05) is 13.2 Å². The summed E-state index contributed by atoms with van der Waals surface area (Å²) in [6.45, 7) is 3.73. The van der Waals surface area contributed by atoms with Crippen LogP contribution in [0.15, 0.2) is 53.8 Å². The number of nitrogens with zero attached hydrogens (tertiary/aromatic N) is 4. The molecule has 0 aliphatic carbocycles. The minimum atomic E-state index is -0.948. The number of aliphatic imine (C=N–C) groups is 1. The monoisotopic (exact) mass is 458 g/mol. The van der Waals surface area contributed by atoms with Gasteiger partial charge in [0.05, 0.1) is 36.9 Å². The third-order valence-corrected chi connectivity index (χ3v) is 6.96. The van der Waals surface area contributed by atoms with E-state index in [0.717, 1.165) is 51.0 Å². The number of carboxylic acid groups (broad SMARTS) is 1. The molecule has 0 amide bonds. The predicted octanol–water partition coefficient (Wildman–Crippen LogP) is 4.33. The fraction of sp³-hybridized carbons (Fsp3) is 0.269. The molecular formula is C26H23FN4O3. The fourth-order valence-electron chi connectivity index (χ4n) is 5.12. The number of hydrogen-bond acceptors (Lipinski definition) is 4. The normalized spacial score (nSPS) is 16.1. The number of aromatic nitrogens is 3. The van der Waals surface area contributed by atoms with Crippen LogP contribution in [-0.4, -0.2) is 44.9 Å². The Bertz CT molecular complexity index is 1460. The summed E-state index contributed by atoms with van der Waals surface area (Å²) in [6, 6.07) is 10.8. The number of fused-ring (bicyclic) bond motifs is 2. The van der Waals surface area contributed by atoms with Crippen LogP contribution in [0.4, 0.5) is 4.39 Å². The Balaban J connectivity index is 1.71. The van der Waals surface area contributed by atoms with Gasteiger partial charge in [0.25, 0.3) is 0 Å². The van der Waals surface area contributed by atoms with Crippen molar-refractivity contribution in [3.63, 3.8) is 0 Å². The number of benzene rings is 2. The van der Waals surface area contributed by atoms with Gasteiger partial charge in [-0.05, 0) is 53.9 Å². The Labute approximate surface area is 195 Å². The average Bonchev–Trinajstić information content (AvgIpc) is 3.50. The minimum absolute atomic E-state index is 0.211. The Kier molecular flexibility index (Phi) is 4.67. The van der Waals surface area contributed by atoms with Crippen LogP contribution in [0.5, 0.6) is 0 Å². The smallest absolute Gasteiger partial charge is 0.325 e. The van der Waals surface area contributed by atoms with Gasteiger partial charge in [-0.1, -0.05) is 6.92 Å². The van der Waals surface area contributed by atoms with Crippen molar-refractivity contribution in [3.8, 4) is 16.8 Å². The second-order valence-corrected chi connectivity index (χ2v) is 9.02. The number of carboxylic acids is 1. The van der Waals surface area contributed by atoms with Crippen LogP contribution in [0.3, 0.4) is 0 Å². The maximum Gasteiger partial charge on any atom is 0.325 e. The maximum atomic E-state index is 13.8. The van der Waals surface area contributed by atoms with E-state index in [1.807, 2.05) is 6.21 Å². The van der Waals surface area contributed by atoms with Gasteiger partial charge in [-0.3, -0.25) is 14.5 Å². The minimum Gasteiger partial charge on any atom is -0.480 e. The van der Waals surface area contributed by atoms with Crippen molar-refractivity contribution in [2.45, 2.75) is 31.8 Å². The van der Waals surface area contributed by atoms with Crippen LogP contribution in [0.1, 0.15) is 30.2 Å². The van der Waals surface area contributed by atoms with Crippen molar-refractivity contribution < 1.29 is 19.0 Å². The van der Waals surface area contributed by atoms with E-state index < -0.39 is 5.97 Å². The van der Waals surface area contributed by atoms with Gasteiger partial charge in [0.2, 0.25) is 0 Å². The van der Waals surface area contributed by atoms with E-state index in [9.17, 15) is 14.3 Å². The number of halogens is 1. The molecule has 34 heavy (non-hydrogen) atoms. The summed E-state index contributed by atoms with van der Waals surface area (Å²) in [7, 11) is 0. The van der Waals surface area contributed by atoms with E-state index in [-0.39, 0.29) is 17.8 Å². The third-order valence-electron chi connectivity index (χ3n) is 6.96. The molecule has 1 fully saturated rings. The molecule has 0 atom stereocenters. The van der Waals surface area contributed by atoms with Crippen molar-refractivity contribution >= 4 is 23.1 Å². The van der Waals surface area contributed by atoms with Crippen LogP contribution in [-0.2, 0) is 28.0 Å². The highest BCUT2D eigenvalue weighted by molar-refractivity contribution is 6.03. The molecule has 0 radical (unpaired) electrons. The van der Waals surface area contributed by atoms with E-state index in [1.54, 1.807) is 24.5 Å². The zero-order chi connectivity index (χ0) is 23.4. The molecule has 0 spiro atoms. The molecule has 2 aromatic heterocycles. The van der Waals surface area contributed by atoms with E-state index in [2.05, 4.69) is 33.7 Å². The zero-order valence-electron chi connectivity index (χ0n) is 18.7. The van der Waals surface area contributed by atoms with E-state index in [4.69, 9.17) is 4.74 Å². The Hall–Kier alpha value is -3.78. The Morgan fingerprint density at radius 3 is 2.71 bits per heavy atom. The number of carbonyl (C=O) groups is 1. The van der Waals surface area contributed by atoms with Crippen LogP contribution in [0.25, 0.3) is 27.7 Å². The molecule has 7 nitrogen and oxygen atoms in total. The molecule has 6 rings (SSSR count). The first-order chi connectivity index (χ1) is 16.5. The molecule has 1 N–H and O–H groups in total. The second kappa shape index (κ2) is 7.63. The molecular weight excluding hydrogens is 435 g/mol. The van der Waals surface area contributed by atoms with Crippen LogP contribution >= 0.6 is 0 Å². The van der Waals surface area contributed by atoms with Crippen molar-refractivity contribution in [1.29, 1.82) is 0 Å². The van der Waals surface area contributed by atoms with Gasteiger partial charge in [-0.2, -0.15) is 5.10 Å². The summed E-state index contributed by atoms with van der Waals surface area (Å²) in [5.74, 6) is -1.24. The first kappa shape index (κ1) is 20.8. The van der Waals surface area contributed by atoms with Crippen LogP contribution in [0, 0.1) is 5.82 Å². The lowest BCUT2D eigenvalue weighted by atomic mass is 9.77. The molecule has 0 saturated carbocycles. The average molecular weight is 458 g/mol. The third kappa shape index (κ3) is 3.09. The van der Waals surface area contributed by atoms with Crippen molar-refractivity contribution in [2.24, 2.45) is 4.99 Å². The summed E-state index contributed by atoms with van der Waals surface area (Å²) in [4.78, 5) is 15.7. The summed E-state index contributed by atoms with van der Waals surface area (Å²) in [5, 5.41) is 14.6. The van der Waals surface area contributed by atoms with E-state index >= 15 is 0 Å². The summed E-state index contributed by atoms with van der Waals surface area (Å²) in [6.07, 6.45) is 6.27. The zero-order valence-corrected chi connectivity index (χ0v) is 18.7. The quantitative estimate of drug-likeness (QED) is 0.466. The van der Waals surface area contributed by atoms with Gasteiger partial charge in [-0.25, -0.2) is 4.39 Å². The highest BCUT2D eigenvalue weighted by Crippen LogP contribution is 2.48. The van der Waals surface area contributed by atoms with Gasteiger partial charge in [0.1, 0.15) is 12.4 Å². The highest BCUT2D eigenvalue weighted by Gasteiger charge is 2.44. The van der Waals surface area contributed by atoms with E-state index in [1.165, 1.54) is 16.8 Å². The summed E-state index contributed by atoms with van der Waals surface area (Å²) < 4.78 is 23.2. The van der Waals surface area contributed by atoms with E-state index in [0.29, 0.717) is 19.8 Å². The molecule has 4 heterocycles. The van der Waals surface area contributed by atoms with Crippen molar-refractivity contribution in [1.82, 2.24) is 14.3 Å². The number of rotatable bonds is 6. The van der Waals surface area contributed by atoms with Crippen LogP contribution in [0.2, 0.25) is 0 Å². The molecule has 4 aromatic rings. The Morgan fingerprint density at radius 2 is 2.03 bits per heavy atom. The van der Waals surface area contributed by atoms with Gasteiger partial charge in [-0.15, -0.1) is 0 Å². The number of ether oxygens (including phenoxy) is 1. The molecule has 2 aliphatic rings. The number of aliphatic carboxylic acids is 1. The van der Waals surface area contributed by atoms with Crippen molar-refractivity contribution in [3.05, 3.63) is 71.4 Å². The maximum absolute atomic E-state index is 13.8. The first-order valence-corrected chi connectivity index (χ1v) is 11.3. The molecule has 0 bridgehead atoms. The SMILES string of the molecule is CCC1(c2c(-c3cnn(CC(=O)O)c3)c3cc4c(cc3n2-c2ccc(F)cc2)C=NC4)COC1. The fourth-order valence-corrected chi connectivity index (χ4v) is 5.12. The molecule has 0 unspecified atom stereocenters. The molecule has 172 valence electrons. The van der Waals surface area contributed by atoms with Gasteiger partial charge < -0.3 is 14.4 Å². The lowest BCUT2D eigenvalue weighted by molar-refractivity contribution is -0.137. The summed E-state index contributed by atoms with van der Waals surface area (Å²) in [5.41, 5.74) is 6.79.